The average Bonchev–Trinajstić information content (AvgIpc) is 2.68. The molecule has 3 aromatic rings. The fraction of sp³-hybridized carbons (Fsp3) is 0.182. The molecule has 3 rings (SSSR count). The Balaban J connectivity index is 1.95. The Hall–Kier alpha value is -2.64. The van der Waals surface area contributed by atoms with E-state index in [9.17, 15) is 16.8 Å². The van der Waals surface area contributed by atoms with Gasteiger partial charge >= 0.3 is 0 Å². The zero-order valence-corrected chi connectivity index (χ0v) is 17.9. The van der Waals surface area contributed by atoms with Crippen molar-refractivity contribution < 1.29 is 16.8 Å². The van der Waals surface area contributed by atoms with Crippen molar-refractivity contribution in [3.8, 4) is 0 Å². The van der Waals surface area contributed by atoms with E-state index in [1.165, 1.54) is 4.90 Å². The summed E-state index contributed by atoms with van der Waals surface area (Å²) in [4.78, 5) is 1.71. The molecule has 0 amide bonds. The summed E-state index contributed by atoms with van der Waals surface area (Å²) in [5.74, 6) is -0.879. The van der Waals surface area contributed by atoms with Gasteiger partial charge in [0.05, 0.1) is 9.79 Å². The van der Waals surface area contributed by atoms with Gasteiger partial charge in [0.1, 0.15) is 11.8 Å². The number of sulfone groups is 2. The van der Waals surface area contributed by atoms with Gasteiger partial charge in [-0.2, -0.15) is 0 Å². The van der Waals surface area contributed by atoms with E-state index in [2.05, 4.69) is 0 Å². The summed E-state index contributed by atoms with van der Waals surface area (Å²) in [7, 11) is -7.45. The van der Waals surface area contributed by atoms with Gasteiger partial charge in [-0.25, -0.2) is 16.8 Å². The molecule has 0 saturated carbocycles. The Morgan fingerprint density at radius 2 is 0.966 bits per heavy atom. The van der Waals surface area contributed by atoms with Crippen LogP contribution in [-0.2, 0) is 19.7 Å². The van der Waals surface area contributed by atoms with Crippen LogP contribution in [0.3, 0.4) is 0 Å². The minimum Gasteiger partial charge on any atom is -0.342 e. The van der Waals surface area contributed by atoms with E-state index in [1.807, 2.05) is 13.8 Å². The summed E-state index contributed by atoms with van der Waals surface area (Å²) in [5, 5.41) is 0. The molecular formula is C22H23NO4S2. The minimum absolute atomic E-state index is 0.164. The molecular weight excluding hydrogens is 406 g/mol. The molecule has 0 aliphatic heterocycles. The van der Waals surface area contributed by atoms with Gasteiger partial charge in [-0.1, -0.05) is 53.6 Å². The SMILES string of the molecule is Cc1ccc(S(=O)(=O)CN(CS(=O)(=O)c2ccc(C)cc2)c2ccccc2)cc1. The van der Waals surface area contributed by atoms with E-state index < -0.39 is 31.4 Å². The van der Waals surface area contributed by atoms with Gasteiger partial charge in [0.2, 0.25) is 0 Å². The predicted octanol–water partition coefficient (Wildman–Crippen LogP) is 3.97. The van der Waals surface area contributed by atoms with E-state index in [0.29, 0.717) is 5.69 Å². The number of para-hydroxylation sites is 1. The van der Waals surface area contributed by atoms with E-state index in [1.54, 1.807) is 78.9 Å². The van der Waals surface area contributed by atoms with Crippen LogP contribution in [0.2, 0.25) is 0 Å². The standard InChI is InChI=1S/C22H23NO4S2/c1-18-8-12-21(13-9-18)28(24,25)16-23(20-6-4-3-5-7-20)17-29(26,27)22-14-10-19(2)11-15-22/h3-15H,16-17H2,1-2H3. The number of anilines is 1. The van der Waals surface area contributed by atoms with Gasteiger partial charge in [-0.05, 0) is 50.2 Å². The van der Waals surface area contributed by atoms with Crippen molar-refractivity contribution in [3.63, 3.8) is 0 Å². The Kier molecular flexibility index (Phi) is 6.10. The van der Waals surface area contributed by atoms with Crippen LogP contribution in [0.5, 0.6) is 0 Å². The molecule has 0 aliphatic carbocycles. The largest absolute Gasteiger partial charge is 0.342 e. The maximum atomic E-state index is 13.0. The van der Waals surface area contributed by atoms with Crippen LogP contribution in [-0.4, -0.2) is 28.6 Å². The quantitative estimate of drug-likeness (QED) is 0.568. The topological polar surface area (TPSA) is 71.5 Å². The van der Waals surface area contributed by atoms with E-state index in [0.717, 1.165) is 11.1 Å². The second kappa shape index (κ2) is 8.39. The fourth-order valence-electron chi connectivity index (χ4n) is 2.88. The van der Waals surface area contributed by atoms with Crippen LogP contribution >= 0.6 is 0 Å². The van der Waals surface area contributed by atoms with Crippen LogP contribution in [0.4, 0.5) is 5.69 Å². The molecule has 7 heteroatoms. The number of hydrogen-bond acceptors (Lipinski definition) is 5. The molecule has 0 N–H and O–H groups in total. The summed E-state index contributed by atoms with van der Waals surface area (Å²) < 4.78 is 51.8. The van der Waals surface area contributed by atoms with Crippen molar-refractivity contribution in [2.45, 2.75) is 23.6 Å². The molecule has 0 fully saturated rings. The van der Waals surface area contributed by atoms with Crippen LogP contribution in [0, 0.1) is 13.8 Å². The average molecular weight is 430 g/mol. The lowest BCUT2D eigenvalue weighted by Gasteiger charge is -2.24. The monoisotopic (exact) mass is 429 g/mol. The van der Waals surface area contributed by atoms with Gasteiger partial charge in [-0.3, -0.25) is 0 Å². The zero-order chi connectivity index (χ0) is 21.1. The van der Waals surface area contributed by atoms with Gasteiger partial charge in [0.15, 0.2) is 19.7 Å². The van der Waals surface area contributed by atoms with Crippen LogP contribution in [0.25, 0.3) is 0 Å². The molecule has 0 unspecified atom stereocenters. The number of nitrogens with zero attached hydrogens (tertiary/aromatic N) is 1. The van der Waals surface area contributed by atoms with Crippen LogP contribution in [0.1, 0.15) is 11.1 Å². The normalized spacial score (nSPS) is 11.9. The highest BCUT2D eigenvalue weighted by Crippen LogP contribution is 2.22. The Bertz CT molecular complexity index is 1090. The Morgan fingerprint density at radius 1 is 0.586 bits per heavy atom. The molecule has 0 saturated heterocycles. The lowest BCUT2D eigenvalue weighted by Crippen LogP contribution is -2.34. The molecule has 0 spiro atoms. The van der Waals surface area contributed by atoms with Crippen molar-refractivity contribution in [1.82, 2.24) is 0 Å². The molecule has 0 aliphatic rings. The highest BCUT2D eigenvalue weighted by atomic mass is 32.2. The highest BCUT2D eigenvalue weighted by molar-refractivity contribution is 7.92. The Morgan fingerprint density at radius 3 is 1.34 bits per heavy atom. The first-order valence-corrected chi connectivity index (χ1v) is 12.4. The molecule has 0 radical (unpaired) electrons. The molecule has 0 atom stereocenters. The first-order valence-electron chi connectivity index (χ1n) is 9.06. The third-order valence-electron chi connectivity index (χ3n) is 4.53. The lowest BCUT2D eigenvalue weighted by atomic mass is 10.2. The van der Waals surface area contributed by atoms with E-state index in [4.69, 9.17) is 0 Å². The van der Waals surface area contributed by atoms with Gasteiger partial charge in [0.25, 0.3) is 0 Å². The van der Waals surface area contributed by atoms with Crippen molar-refractivity contribution in [3.05, 3.63) is 90.0 Å². The maximum absolute atomic E-state index is 13.0. The number of benzene rings is 3. The van der Waals surface area contributed by atoms with Crippen molar-refractivity contribution in [1.29, 1.82) is 0 Å². The van der Waals surface area contributed by atoms with Crippen molar-refractivity contribution in [2.75, 3.05) is 16.7 Å². The van der Waals surface area contributed by atoms with Crippen LogP contribution in [0.15, 0.2) is 88.7 Å². The highest BCUT2D eigenvalue weighted by Gasteiger charge is 2.25. The van der Waals surface area contributed by atoms with Gasteiger partial charge in [-0.15, -0.1) is 0 Å². The zero-order valence-electron chi connectivity index (χ0n) is 16.3. The first kappa shape index (κ1) is 21.1. The molecule has 29 heavy (non-hydrogen) atoms. The van der Waals surface area contributed by atoms with Crippen molar-refractivity contribution >= 4 is 25.4 Å². The Labute approximate surface area is 172 Å². The summed E-state index contributed by atoms with van der Waals surface area (Å²) in [5.41, 5.74) is 2.43. The molecule has 152 valence electrons. The number of aryl methyl sites for hydroxylation is 2. The van der Waals surface area contributed by atoms with Crippen LogP contribution < -0.4 is 4.90 Å². The third kappa shape index (κ3) is 5.25. The summed E-state index contributed by atoms with van der Waals surface area (Å²) in [6, 6.07) is 21.8. The number of hydrogen-bond donors (Lipinski definition) is 0. The summed E-state index contributed by atoms with van der Waals surface area (Å²) in [6.07, 6.45) is 0. The third-order valence-corrected chi connectivity index (χ3v) is 7.82. The van der Waals surface area contributed by atoms with Gasteiger partial charge in [0, 0.05) is 5.69 Å². The molecule has 0 bridgehead atoms. The molecule has 0 heterocycles. The maximum Gasteiger partial charge on any atom is 0.196 e. The van der Waals surface area contributed by atoms with E-state index in [-0.39, 0.29) is 9.79 Å². The van der Waals surface area contributed by atoms with Crippen molar-refractivity contribution in [2.24, 2.45) is 0 Å². The lowest BCUT2D eigenvalue weighted by molar-refractivity contribution is 0.589. The van der Waals surface area contributed by atoms with E-state index >= 15 is 0 Å². The first-order chi connectivity index (χ1) is 13.7. The summed E-state index contributed by atoms with van der Waals surface area (Å²) in [6.45, 7) is 3.75. The second-order valence-corrected chi connectivity index (χ2v) is 10.9. The summed E-state index contributed by atoms with van der Waals surface area (Å²) >= 11 is 0. The molecule has 5 nitrogen and oxygen atoms in total. The smallest absolute Gasteiger partial charge is 0.196 e. The number of rotatable bonds is 7. The minimum atomic E-state index is -3.72. The van der Waals surface area contributed by atoms with Gasteiger partial charge < -0.3 is 4.90 Å². The second-order valence-electron chi connectivity index (χ2n) is 6.99. The predicted molar refractivity (Wildman–Crippen MR) is 115 cm³/mol. The molecule has 0 aromatic heterocycles. The molecule has 3 aromatic carbocycles. The fourth-order valence-corrected chi connectivity index (χ4v) is 5.69.